The number of benzene rings is 1. The summed E-state index contributed by atoms with van der Waals surface area (Å²) in [6.45, 7) is 16.2. The number of hydrogen-bond acceptors (Lipinski definition) is 9. The van der Waals surface area contributed by atoms with Gasteiger partial charge in [-0.25, -0.2) is 13.8 Å². The Labute approximate surface area is 269 Å². The van der Waals surface area contributed by atoms with Gasteiger partial charge in [-0.05, 0) is 43.7 Å². The largest absolute Gasteiger partial charge is 0.463 e. The maximum atomic E-state index is 16.7. The summed E-state index contributed by atoms with van der Waals surface area (Å²) in [5.74, 6) is -1.29. The summed E-state index contributed by atoms with van der Waals surface area (Å²) in [5, 5.41) is 10.9. The Bertz CT molecular complexity index is 1540. The maximum absolute atomic E-state index is 16.7. The molecule has 1 aliphatic carbocycles. The van der Waals surface area contributed by atoms with Crippen LogP contribution in [0.4, 0.5) is 8.78 Å². The highest BCUT2D eigenvalue weighted by atomic mass is 32.2. The molecule has 2 aliphatic heterocycles. The van der Waals surface area contributed by atoms with Crippen molar-refractivity contribution in [3.8, 4) is 12.1 Å². The summed E-state index contributed by atoms with van der Waals surface area (Å²) in [7, 11) is 0. The van der Waals surface area contributed by atoms with E-state index in [9.17, 15) is 5.26 Å². The number of allylic oxidation sites excluding steroid dienone is 5. The lowest BCUT2D eigenvalue weighted by molar-refractivity contribution is 0.127. The van der Waals surface area contributed by atoms with Crippen molar-refractivity contribution in [2.45, 2.75) is 66.6 Å². The number of nitrogens with zero attached hydrogens (tertiary/aromatic N) is 4. The standard InChI is InChI=1S/C32H37F2N5O3S.C2H6/c1-4-7-21(22(14-35)30(26(33)5-2)43-20(3)36)27-25-17-41-16-24(25)23-15-37-31(38-29(23)28(27)34)42-19-32(8-9-32)18-39-10-6-12-40-13-11-39;1-2/h5,7,15H,3-4,6,8-13,16-19,36H2,1-2H3;1-2H3/b21-7-,26-5+,30-22+;. The first-order valence-corrected chi connectivity index (χ1v) is 16.4. The van der Waals surface area contributed by atoms with Crippen LogP contribution in [0, 0.1) is 22.6 Å². The van der Waals surface area contributed by atoms with Gasteiger partial charge < -0.3 is 24.8 Å². The van der Waals surface area contributed by atoms with Crippen LogP contribution in [-0.4, -0.2) is 54.3 Å². The van der Waals surface area contributed by atoms with Crippen molar-refractivity contribution < 1.29 is 23.0 Å². The molecule has 0 spiro atoms. The first-order valence-electron chi connectivity index (χ1n) is 15.6. The third-order valence-corrected chi connectivity index (χ3v) is 8.87. The minimum atomic E-state index is -0.649. The van der Waals surface area contributed by atoms with E-state index in [-0.39, 0.29) is 56.8 Å². The highest BCUT2D eigenvalue weighted by Gasteiger charge is 2.45. The summed E-state index contributed by atoms with van der Waals surface area (Å²) in [6.07, 6.45) is 8.11. The van der Waals surface area contributed by atoms with Crippen LogP contribution in [-0.2, 0) is 22.7 Å². The fraction of sp³-hybridized carbons (Fsp3) is 0.500. The maximum Gasteiger partial charge on any atom is 0.317 e. The van der Waals surface area contributed by atoms with Gasteiger partial charge in [-0.1, -0.05) is 51.3 Å². The molecular weight excluding hydrogens is 596 g/mol. The Balaban J connectivity index is 0.00000226. The molecule has 3 aliphatic rings. The smallest absolute Gasteiger partial charge is 0.317 e. The van der Waals surface area contributed by atoms with Crippen LogP contribution >= 0.6 is 11.8 Å². The lowest BCUT2D eigenvalue weighted by atomic mass is 9.89. The van der Waals surface area contributed by atoms with Crippen molar-refractivity contribution in [2.75, 3.05) is 39.5 Å². The van der Waals surface area contributed by atoms with E-state index in [2.05, 4.69) is 27.5 Å². The van der Waals surface area contributed by atoms with Crippen molar-refractivity contribution in [2.24, 2.45) is 11.1 Å². The van der Waals surface area contributed by atoms with Crippen LogP contribution in [0.25, 0.3) is 16.5 Å². The predicted molar refractivity (Wildman–Crippen MR) is 175 cm³/mol. The number of nitriles is 1. The zero-order valence-corrected chi connectivity index (χ0v) is 27.5. The third-order valence-electron chi connectivity index (χ3n) is 8.01. The predicted octanol–water partition coefficient (Wildman–Crippen LogP) is 7.31. The third kappa shape index (κ3) is 7.93. The first kappa shape index (κ1) is 34.6. The van der Waals surface area contributed by atoms with Gasteiger partial charge in [0.15, 0.2) is 5.82 Å². The number of fused-ring (bicyclic) bond motifs is 3. The summed E-state index contributed by atoms with van der Waals surface area (Å²) in [6, 6.07) is 2.19. The molecule has 0 atom stereocenters. The van der Waals surface area contributed by atoms with E-state index in [4.69, 9.17) is 19.9 Å². The van der Waals surface area contributed by atoms with E-state index in [1.165, 1.54) is 13.0 Å². The Hall–Kier alpha value is -3.30. The van der Waals surface area contributed by atoms with Gasteiger partial charge in [-0.3, -0.25) is 0 Å². The van der Waals surface area contributed by atoms with E-state index >= 15 is 8.78 Å². The van der Waals surface area contributed by atoms with Gasteiger partial charge in [0.05, 0.1) is 41.9 Å². The van der Waals surface area contributed by atoms with Gasteiger partial charge in [0.1, 0.15) is 17.4 Å². The number of hydrogen-bond donors (Lipinski definition) is 1. The second kappa shape index (κ2) is 15.8. The number of rotatable bonds is 11. The van der Waals surface area contributed by atoms with Gasteiger partial charge in [0.25, 0.3) is 0 Å². The molecule has 0 radical (unpaired) electrons. The fourth-order valence-corrected chi connectivity index (χ4v) is 6.40. The minimum absolute atomic E-state index is 0.0261. The summed E-state index contributed by atoms with van der Waals surface area (Å²) in [4.78, 5) is 11.4. The van der Waals surface area contributed by atoms with Gasteiger partial charge in [0, 0.05) is 54.4 Å². The van der Waals surface area contributed by atoms with Gasteiger partial charge in [-0.15, -0.1) is 0 Å². The van der Waals surface area contributed by atoms with Crippen LogP contribution in [0.1, 0.15) is 70.1 Å². The molecule has 1 aromatic carbocycles. The number of nitrogens with two attached hydrogens (primary N) is 1. The average molecular weight is 640 g/mol. The SMILES string of the molecule is C=C(N)SC(=C(C#N)/C(=C/CC)c1c2c(c3cnc(OCC4(CN5CCCOCC5)CC4)nc3c1F)COC2)/C(F)=C\C.CC. The molecule has 5 rings (SSSR count). The lowest BCUT2D eigenvalue weighted by Crippen LogP contribution is -2.35. The molecule has 8 nitrogen and oxygen atoms in total. The topological polar surface area (TPSA) is 107 Å². The molecule has 1 aromatic heterocycles. The van der Waals surface area contributed by atoms with Crippen molar-refractivity contribution in [1.29, 1.82) is 5.26 Å². The zero-order valence-electron chi connectivity index (χ0n) is 26.7. The second-order valence-electron chi connectivity index (χ2n) is 11.1. The molecule has 242 valence electrons. The van der Waals surface area contributed by atoms with Crippen LogP contribution < -0.4 is 10.5 Å². The quantitative estimate of drug-likeness (QED) is 0.200. The normalized spacial score (nSPS) is 18.7. The van der Waals surface area contributed by atoms with Crippen LogP contribution in [0.15, 0.2) is 46.3 Å². The van der Waals surface area contributed by atoms with Crippen molar-refractivity contribution in [1.82, 2.24) is 14.9 Å². The fourth-order valence-electron chi connectivity index (χ4n) is 5.67. The molecule has 1 saturated heterocycles. The first-order chi connectivity index (χ1) is 21.8. The summed E-state index contributed by atoms with van der Waals surface area (Å²) >= 11 is 0.834. The van der Waals surface area contributed by atoms with E-state index in [1.807, 2.05) is 20.8 Å². The Morgan fingerprint density at radius 2 is 2.00 bits per heavy atom. The van der Waals surface area contributed by atoms with Crippen LogP contribution in [0.2, 0.25) is 0 Å². The molecular formula is C34H43F2N5O3S. The van der Waals surface area contributed by atoms with E-state index < -0.39 is 11.6 Å². The second-order valence-corrected chi connectivity index (χ2v) is 12.3. The molecule has 2 aromatic rings. The Kier molecular flexibility index (Phi) is 12.1. The summed E-state index contributed by atoms with van der Waals surface area (Å²) in [5.41, 5.74) is 7.61. The summed E-state index contributed by atoms with van der Waals surface area (Å²) < 4.78 is 49.2. The molecule has 11 heteroatoms. The molecule has 2 fully saturated rings. The van der Waals surface area contributed by atoms with E-state index in [0.29, 0.717) is 24.0 Å². The van der Waals surface area contributed by atoms with Gasteiger partial charge in [-0.2, -0.15) is 10.2 Å². The lowest BCUT2D eigenvalue weighted by Gasteiger charge is -2.25. The molecule has 0 bridgehead atoms. The molecule has 3 heterocycles. The van der Waals surface area contributed by atoms with Crippen molar-refractivity contribution in [3.63, 3.8) is 0 Å². The molecule has 45 heavy (non-hydrogen) atoms. The number of aromatic nitrogens is 2. The molecule has 1 saturated carbocycles. The highest BCUT2D eigenvalue weighted by Crippen LogP contribution is 2.47. The molecule has 0 amide bonds. The monoisotopic (exact) mass is 639 g/mol. The van der Waals surface area contributed by atoms with E-state index in [1.54, 1.807) is 12.3 Å². The van der Waals surface area contributed by atoms with Crippen molar-refractivity contribution >= 4 is 28.2 Å². The number of ether oxygens (including phenoxy) is 3. The Morgan fingerprint density at radius 1 is 1.24 bits per heavy atom. The molecule has 2 N–H and O–H groups in total. The Morgan fingerprint density at radius 3 is 2.67 bits per heavy atom. The van der Waals surface area contributed by atoms with Crippen LogP contribution in [0.3, 0.4) is 0 Å². The average Bonchev–Trinajstić information content (AvgIpc) is 3.73. The number of halogens is 2. The number of thioether (sulfide) groups is 1. The minimum Gasteiger partial charge on any atom is -0.463 e. The van der Waals surface area contributed by atoms with Gasteiger partial charge >= 0.3 is 6.01 Å². The van der Waals surface area contributed by atoms with Crippen molar-refractivity contribution in [3.05, 3.63) is 68.8 Å². The zero-order chi connectivity index (χ0) is 32.6. The van der Waals surface area contributed by atoms with Crippen LogP contribution in [0.5, 0.6) is 6.01 Å². The molecule has 0 unspecified atom stereocenters. The van der Waals surface area contributed by atoms with Gasteiger partial charge in [0.2, 0.25) is 0 Å². The van der Waals surface area contributed by atoms with E-state index in [0.717, 1.165) is 69.4 Å². The highest BCUT2D eigenvalue weighted by molar-refractivity contribution is 8.06.